The van der Waals surface area contributed by atoms with Crippen LogP contribution in [-0.4, -0.2) is 10.9 Å². The van der Waals surface area contributed by atoms with E-state index < -0.39 is 0 Å². The number of benzene rings is 1. The molecule has 0 spiro atoms. The van der Waals surface area contributed by atoms with E-state index in [0.29, 0.717) is 12.3 Å². The minimum atomic E-state index is 0.0889. The van der Waals surface area contributed by atoms with Crippen molar-refractivity contribution >= 4 is 17.4 Å². The molecular weight excluding hydrogens is 236 g/mol. The Hall–Kier alpha value is -2.16. The lowest BCUT2D eigenvalue weighted by Gasteiger charge is -2.17. The zero-order valence-corrected chi connectivity index (χ0v) is 11.1. The number of carbonyl (C=O) groups is 1. The molecule has 0 saturated carbocycles. The van der Waals surface area contributed by atoms with Crippen LogP contribution < -0.4 is 4.90 Å². The van der Waals surface area contributed by atoms with Gasteiger partial charge in [0.05, 0.1) is 12.1 Å². The summed E-state index contributed by atoms with van der Waals surface area (Å²) in [6.45, 7) is 4.32. The number of anilines is 2. The SMILES string of the molecule is CC(C)c1ccc(N2C(=O)Cc3cccnc32)cc1. The van der Waals surface area contributed by atoms with Crippen molar-refractivity contribution in [2.24, 2.45) is 0 Å². The quantitative estimate of drug-likeness (QED) is 0.820. The van der Waals surface area contributed by atoms with Gasteiger partial charge in [-0.3, -0.25) is 9.69 Å². The molecule has 0 atom stereocenters. The minimum Gasteiger partial charge on any atom is -0.274 e. The highest BCUT2D eigenvalue weighted by Gasteiger charge is 2.29. The Balaban J connectivity index is 2.00. The number of pyridine rings is 1. The first-order chi connectivity index (χ1) is 9.16. The lowest BCUT2D eigenvalue weighted by atomic mass is 10.0. The Morgan fingerprint density at radius 2 is 1.89 bits per heavy atom. The van der Waals surface area contributed by atoms with Crippen molar-refractivity contribution in [3.05, 3.63) is 53.7 Å². The van der Waals surface area contributed by atoms with Gasteiger partial charge in [0.2, 0.25) is 5.91 Å². The second kappa shape index (κ2) is 4.50. The predicted molar refractivity (Wildman–Crippen MR) is 75.6 cm³/mol. The Kier molecular flexibility index (Phi) is 2.82. The fraction of sp³-hybridized carbons (Fsp3) is 0.250. The molecular formula is C16H16N2O. The molecule has 1 aromatic heterocycles. The highest BCUT2D eigenvalue weighted by Crippen LogP contribution is 2.33. The van der Waals surface area contributed by atoms with Crippen LogP contribution in [0.25, 0.3) is 0 Å². The standard InChI is InChI=1S/C16H16N2O/c1-11(2)12-5-7-14(8-6-12)18-15(19)10-13-4-3-9-17-16(13)18/h3-9,11H,10H2,1-2H3. The van der Waals surface area contributed by atoms with Gasteiger partial charge in [-0.15, -0.1) is 0 Å². The molecule has 2 heterocycles. The van der Waals surface area contributed by atoms with Crippen molar-refractivity contribution in [3.8, 4) is 0 Å². The highest BCUT2D eigenvalue weighted by molar-refractivity contribution is 6.06. The fourth-order valence-electron chi connectivity index (χ4n) is 2.40. The Morgan fingerprint density at radius 3 is 2.58 bits per heavy atom. The molecule has 3 heteroatoms. The van der Waals surface area contributed by atoms with Gasteiger partial charge in [0.1, 0.15) is 5.82 Å². The van der Waals surface area contributed by atoms with E-state index in [1.54, 1.807) is 11.1 Å². The fourth-order valence-corrected chi connectivity index (χ4v) is 2.40. The average molecular weight is 252 g/mol. The Morgan fingerprint density at radius 1 is 1.16 bits per heavy atom. The van der Waals surface area contributed by atoms with Gasteiger partial charge in [-0.25, -0.2) is 4.98 Å². The molecule has 1 amide bonds. The molecule has 3 nitrogen and oxygen atoms in total. The third kappa shape index (κ3) is 2.01. The number of fused-ring (bicyclic) bond motifs is 1. The maximum Gasteiger partial charge on any atom is 0.237 e. The summed E-state index contributed by atoms with van der Waals surface area (Å²) in [4.78, 5) is 18.2. The number of nitrogens with zero attached hydrogens (tertiary/aromatic N) is 2. The zero-order valence-electron chi connectivity index (χ0n) is 11.1. The first-order valence-corrected chi connectivity index (χ1v) is 6.53. The van der Waals surface area contributed by atoms with Gasteiger partial charge in [0.15, 0.2) is 0 Å². The third-order valence-corrected chi connectivity index (χ3v) is 3.49. The number of carbonyl (C=O) groups excluding carboxylic acids is 1. The van der Waals surface area contributed by atoms with Crippen LogP contribution in [-0.2, 0) is 11.2 Å². The molecule has 0 radical (unpaired) electrons. The molecule has 96 valence electrons. The van der Waals surface area contributed by atoms with Crippen molar-refractivity contribution in [3.63, 3.8) is 0 Å². The van der Waals surface area contributed by atoms with Crippen LogP contribution in [0.3, 0.4) is 0 Å². The van der Waals surface area contributed by atoms with Crippen molar-refractivity contribution in [2.75, 3.05) is 4.90 Å². The van der Waals surface area contributed by atoms with Crippen molar-refractivity contribution in [1.29, 1.82) is 0 Å². The van der Waals surface area contributed by atoms with Gasteiger partial charge < -0.3 is 0 Å². The highest BCUT2D eigenvalue weighted by atomic mass is 16.2. The molecule has 0 N–H and O–H groups in total. The molecule has 0 saturated heterocycles. The van der Waals surface area contributed by atoms with E-state index in [2.05, 4.69) is 31.0 Å². The van der Waals surface area contributed by atoms with Gasteiger partial charge in [-0.1, -0.05) is 32.0 Å². The second-order valence-corrected chi connectivity index (χ2v) is 5.14. The molecule has 0 aliphatic carbocycles. The molecule has 1 aliphatic heterocycles. The maximum atomic E-state index is 12.1. The summed E-state index contributed by atoms with van der Waals surface area (Å²) < 4.78 is 0. The lowest BCUT2D eigenvalue weighted by molar-refractivity contribution is -0.116. The van der Waals surface area contributed by atoms with Crippen LogP contribution in [0.5, 0.6) is 0 Å². The third-order valence-electron chi connectivity index (χ3n) is 3.49. The van der Waals surface area contributed by atoms with Crippen LogP contribution in [0.15, 0.2) is 42.6 Å². The van der Waals surface area contributed by atoms with Gasteiger partial charge in [-0.05, 0) is 29.7 Å². The van der Waals surface area contributed by atoms with Crippen LogP contribution in [0.4, 0.5) is 11.5 Å². The minimum absolute atomic E-state index is 0.0889. The van der Waals surface area contributed by atoms with Crippen molar-refractivity contribution < 1.29 is 4.79 Å². The summed E-state index contributed by atoms with van der Waals surface area (Å²) in [6.07, 6.45) is 2.17. The molecule has 19 heavy (non-hydrogen) atoms. The summed E-state index contributed by atoms with van der Waals surface area (Å²) in [5.41, 5.74) is 3.17. The second-order valence-electron chi connectivity index (χ2n) is 5.14. The van der Waals surface area contributed by atoms with Crippen LogP contribution in [0, 0.1) is 0 Å². The van der Waals surface area contributed by atoms with Crippen molar-refractivity contribution in [1.82, 2.24) is 4.98 Å². The van der Waals surface area contributed by atoms with Crippen LogP contribution >= 0.6 is 0 Å². The van der Waals surface area contributed by atoms with E-state index in [1.807, 2.05) is 24.3 Å². The molecule has 1 aliphatic rings. The number of hydrogen-bond donors (Lipinski definition) is 0. The Labute approximate surface area is 112 Å². The van der Waals surface area contributed by atoms with E-state index in [4.69, 9.17) is 0 Å². The van der Waals surface area contributed by atoms with Crippen molar-refractivity contribution in [2.45, 2.75) is 26.2 Å². The van der Waals surface area contributed by atoms with Gasteiger partial charge >= 0.3 is 0 Å². The van der Waals surface area contributed by atoms with Crippen LogP contribution in [0.2, 0.25) is 0 Å². The van der Waals surface area contributed by atoms with E-state index >= 15 is 0 Å². The first kappa shape index (κ1) is 11.9. The molecule has 2 aromatic rings. The summed E-state index contributed by atoms with van der Waals surface area (Å²) in [5, 5.41) is 0. The first-order valence-electron chi connectivity index (χ1n) is 6.53. The smallest absolute Gasteiger partial charge is 0.237 e. The molecule has 0 unspecified atom stereocenters. The molecule has 0 fully saturated rings. The number of hydrogen-bond acceptors (Lipinski definition) is 2. The zero-order chi connectivity index (χ0) is 13.4. The van der Waals surface area contributed by atoms with E-state index in [-0.39, 0.29) is 5.91 Å². The van der Waals surface area contributed by atoms with Gasteiger partial charge in [0.25, 0.3) is 0 Å². The van der Waals surface area contributed by atoms with E-state index in [0.717, 1.165) is 17.1 Å². The maximum absolute atomic E-state index is 12.1. The molecule has 1 aromatic carbocycles. The van der Waals surface area contributed by atoms with Gasteiger partial charge in [-0.2, -0.15) is 0 Å². The lowest BCUT2D eigenvalue weighted by Crippen LogP contribution is -2.21. The topological polar surface area (TPSA) is 33.2 Å². The number of rotatable bonds is 2. The average Bonchev–Trinajstić information content (AvgIpc) is 2.74. The Bertz CT molecular complexity index is 617. The summed E-state index contributed by atoms with van der Waals surface area (Å²) in [6, 6.07) is 12.0. The molecule has 3 rings (SSSR count). The van der Waals surface area contributed by atoms with E-state index in [1.165, 1.54) is 5.56 Å². The summed E-state index contributed by atoms with van der Waals surface area (Å²) >= 11 is 0. The van der Waals surface area contributed by atoms with Gasteiger partial charge in [0, 0.05) is 11.8 Å². The molecule has 0 bridgehead atoms. The number of amides is 1. The normalized spacial score (nSPS) is 14.1. The summed E-state index contributed by atoms with van der Waals surface area (Å²) in [5.74, 6) is 1.35. The monoisotopic (exact) mass is 252 g/mol. The largest absolute Gasteiger partial charge is 0.274 e. The number of aromatic nitrogens is 1. The van der Waals surface area contributed by atoms with Crippen LogP contribution in [0.1, 0.15) is 30.9 Å². The summed E-state index contributed by atoms with van der Waals surface area (Å²) in [7, 11) is 0. The predicted octanol–water partition coefficient (Wildman–Crippen LogP) is 3.43. The van der Waals surface area contributed by atoms with E-state index in [9.17, 15) is 4.79 Å².